The summed E-state index contributed by atoms with van der Waals surface area (Å²) in [5, 5.41) is 38.5. The molecule has 36 nitrogen and oxygen atoms in total. The van der Waals surface area contributed by atoms with E-state index in [2.05, 4.69) is 74.4 Å². The van der Waals surface area contributed by atoms with E-state index >= 15 is 0 Å². The number of carbonyl (C=O) groups is 14. The maximum Gasteiger partial charge on any atom is 0.408 e. The van der Waals surface area contributed by atoms with Gasteiger partial charge in [-0.1, -0.05) is 12.8 Å². The van der Waals surface area contributed by atoms with Crippen LogP contribution in [0.1, 0.15) is 307 Å². The molecule has 0 unspecified atom stereocenters. The molecule has 0 aromatic heterocycles. The molecule has 0 rings (SSSR count). The maximum absolute atomic E-state index is 14.3. The number of nitrogens with one attached hydrogen (secondary N) is 14. The van der Waals surface area contributed by atoms with E-state index in [1.165, 1.54) is 0 Å². The van der Waals surface area contributed by atoms with Crippen LogP contribution in [-0.4, -0.2) is 218 Å². The molecule has 0 saturated heterocycles. The smallest absolute Gasteiger partial charge is 0.408 e. The third kappa shape index (κ3) is 63.1. The van der Waals surface area contributed by atoms with Crippen LogP contribution in [0, 0.1) is 0 Å². The van der Waals surface area contributed by atoms with Crippen molar-refractivity contribution in [2.24, 2.45) is 0 Å². The number of alkyl carbamates (subject to hydrolysis) is 8. The van der Waals surface area contributed by atoms with Gasteiger partial charge in [-0.3, -0.25) is 28.8 Å². The lowest BCUT2D eigenvalue weighted by molar-refractivity contribution is -0.130. The Bertz CT molecular complexity index is 2900. The highest BCUT2D eigenvalue weighted by molar-refractivity contribution is 5.92. The fourth-order valence-corrected chi connectivity index (χ4v) is 10.8. The standard InChI is InChI=1S/C82H152N14O22/c1-75(2,3)111-67(103)87-51-37-29-43-57(93-71(107)115-79(13,14)15)63(99)85-49-35-27-41-55(91-65(101)59(95-73(109)117-81(19,20)21)45-31-39-53-89-69(105)113-77(7,8)9)61(97)83-47-33-25-26-34-48-84-62(98)56(92-66(102)60(96-74(110)118-82(22,23)24)46-32-40-54-90-70(106)114-78(10,11)12)42-28-36-50-86-64(100)58(94-72(108)116-80(16,17)18)44-30-38-52-88-68(104)112-76(4,5)6/h55-60H,25-54H2,1-24H3,(H,83,97)(H,84,98)(H,85,99)(H,86,100)(H,87,103)(H,88,104)(H,89,105)(H,90,106)(H,91,101)(H,92,102)(H,93,107)(H,94,108)(H,95,109)(H,96,110)/t55-,56-,57-,58-,59-,60-/m0/s1. The Morgan fingerprint density at radius 1 is 0.169 bits per heavy atom. The second-order valence-electron chi connectivity index (χ2n) is 37.2. The molecule has 682 valence electrons. The zero-order valence-electron chi connectivity index (χ0n) is 75.7. The van der Waals surface area contributed by atoms with Gasteiger partial charge in [0.2, 0.25) is 35.4 Å². The lowest BCUT2D eigenvalue weighted by Crippen LogP contribution is -2.54. The molecule has 0 bridgehead atoms. The van der Waals surface area contributed by atoms with Gasteiger partial charge in [-0.05, 0) is 295 Å². The van der Waals surface area contributed by atoms with Crippen molar-refractivity contribution in [3.8, 4) is 0 Å². The number of amides is 14. The van der Waals surface area contributed by atoms with Gasteiger partial charge in [-0.2, -0.15) is 0 Å². The molecule has 14 amide bonds. The number of unbranched alkanes of at least 4 members (excludes halogenated alkanes) is 9. The summed E-state index contributed by atoms with van der Waals surface area (Å²) in [7, 11) is 0. The summed E-state index contributed by atoms with van der Waals surface area (Å²) in [5.41, 5.74) is -6.41. The minimum absolute atomic E-state index is 0.0835. The van der Waals surface area contributed by atoms with E-state index in [0.29, 0.717) is 103 Å². The molecule has 0 saturated carbocycles. The molecule has 0 aliphatic heterocycles. The summed E-state index contributed by atoms with van der Waals surface area (Å²) in [4.78, 5) is 186. The largest absolute Gasteiger partial charge is 0.444 e. The Labute approximate surface area is 701 Å². The summed E-state index contributed by atoms with van der Waals surface area (Å²) in [6.07, 6.45) is 1.57. The highest BCUT2D eigenvalue weighted by atomic mass is 16.6. The zero-order chi connectivity index (χ0) is 90.3. The van der Waals surface area contributed by atoms with E-state index in [0.717, 1.165) is 0 Å². The van der Waals surface area contributed by atoms with Crippen molar-refractivity contribution in [1.82, 2.24) is 74.4 Å². The van der Waals surface area contributed by atoms with Crippen molar-refractivity contribution in [3.63, 3.8) is 0 Å². The number of hydrogen-bond acceptors (Lipinski definition) is 22. The Balaban J connectivity index is 6.74. The fourth-order valence-electron chi connectivity index (χ4n) is 10.8. The van der Waals surface area contributed by atoms with Gasteiger partial charge in [-0.25, -0.2) is 38.4 Å². The number of hydrogen-bond donors (Lipinski definition) is 14. The van der Waals surface area contributed by atoms with E-state index < -0.39 is 165 Å². The normalized spacial score (nSPS) is 13.5. The second kappa shape index (κ2) is 54.2. The molecular weight excluding hydrogens is 1530 g/mol. The zero-order valence-corrected chi connectivity index (χ0v) is 75.7. The maximum atomic E-state index is 14.3. The molecular formula is C82H152N14O22. The minimum Gasteiger partial charge on any atom is -0.444 e. The van der Waals surface area contributed by atoms with E-state index in [1.807, 2.05) is 0 Å². The summed E-state index contributed by atoms with van der Waals surface area (Å²) in [6.45, 7) is 42.5. The van der Waals surface area contributed by atoms with Crippen molar-refractivity contribution < 1.29 is 105 Å². The summed E-state index contributed by atoms with van der Waals surface area (Å²) in [5.74, 6) is -3.41. The summed E-state index contributed by atoms with van der Waals surface area (Å²) >= 11 is 0. The van der Waals surface area contributed by atoms with Crippen LogP contribution >= 0.6 is 0 Å². The van der Waals surface area contributed by atoms with Crippen molar-refractivity contribution in [1.29, 1.82) is 0 Å². The van der Waals surface area contributed by atoms with Gasteiger partial charge in [0.15, 0.2) is 0 Å². The van der Waals surface area contributed by atoms with Gasteiger partial charge in [0, 0.05) is 52.4 Å². The Morgan fingerprint density at radius 3 is 0.475 bits per heavy atom. The first-order valence-electron chi connectivity index (χ1n) is 41.9. The molecule has 0 fully saturated rings. The van der Waals surface area contributed by atoms with Crippen LogP contribution in [0.2, 0.25) is 0 Å². The third-order valence-electron chi connectivity index (χ3n) is 15.8. The van der Waals surface area contributed by atoms with Crippen LogP contribution < -0.4 is 74.4 Å². The lowest BCUT2D eigenvalue weighted by Gasteiger charge is -2.25. The summed E-state index contributed by atoms with van der Waals surface area (Å²) in [6, 6.07) is -6.66. The van der Waals surface area contributed by atoms with Crippen LogP contribution in [0.4, 0.5) is 38.4 Å². The van der Waals surface area contributed by atoms with Crippen LogP contribution in [0.5, 0.6) is 0 Å². The number of ether oxygens (including phenoxy) is 8. The average Bonchev–Trinajstić information content (AvgIpc) is 0.882. The van der Waals surface area contributed by atoms with E-state index in [-0.39, 0.29) is 90.9 Å². The van der Waals surface area contributed by atoms with Gasteiger partial charge in [0.1, 0.15) is 81.1 Å². The lowest BCUT2D eigenvalue weighted by atomic mass is 10.0. The fraction of sp³-hybridized carbons (Fsp3) is 0.829. The molecule has 118 heavy (non-hydrogen) atoms. The van der Waals surface area contributed by atoms with Crippen LogP contribution in [0.25, 0.3) is 0 Å². The average molecular weight is 1690 g/mol. The molecule has 0 heterocycles. The van der Waals surface area contributed by atoms with Gasteiger partial charge < -0.3 is 112 Å². The molecule has 0 aromatic rings. The van der Waals surface area contributed by atoms with Crippen LogP contribution in [-0.2, 0) is 66.7 Å². The first kappa shape index (κ1) is 109. The molecule has 36 heteroatoms. The van der Waals surface area contributed by atoms with Crippen molar-refractivity contribution in [3.05, 3.63) is 0 Å². The number of rotatable bonds is 49. The highest BCUT2D eigenvalue weighted by Crippen LogP contribution is 2.18. The predicted octanol–water partition coefficient (Wildman–Crippen LogP) is 10.7. The van der Waals surface area contributed by atoms with Crippen molar-refractivity contribution in [2.75, 3.05) is 52.4 Å². The molecule has 0 aromatic carbocycles. The monoisotopic (exact) mass is 1690 g/mol. The van der Waals surface area contributed by atoms with Gasteiger partial charge in [-0.15, -0.1) is 0 Å². The minimum atomic E-state index is -1.18. The van der Waals surface area contributed by atoms with Crippen molar-refractivity contribution >= 4 is 84.2 Å². The highest BCUT2D eigenvalue weighted by Gasteiger charge is 2.33. The first-order valence-corrected chi connectivity index (χ1v) is 41.9. The molecule has 6 atom stereocenters. The Morgan fingerprint density at radius 2 is 0.305 bits per heavy atom. The molecule has 0 radical (unpaired) electrons. The third-order valence-corrected chi connectivity index (χ3v) is 15.8. The molecule has 14 N–H and O–H groups in total. The Hall–Kier alpha value is -9.02. The van der Waals surface area contributed by atoms with Crippen molar-refractivity contribution in [2.45, 2.75) is 388 Å². The van der Waals surface area contributed by atoms with Crippen LogP contribution in [0.3, 0.4) is 0 Å². The Kier molecular flexibility index (Phi) is 50.1. The molecule has 0 spiro atoms. The number of carbonyl (C=O) groups excluding carboxylic acids is 14. The van der Waals surface area contributed by atoms with Gasteiger partial charge in [0.25, 0.3) is 0 Å². The van der Waals surface area contributed by atoms with Crippen LogP contribution in [0.15, 0.2) is 0 Å². The molecule has 0 aliphatic rings. The van der Waals surface area contributed by atoms with Gasteiger partial charge in [0.05, 0.1) is 0 Å². The van der Waals surface area contributed by atoms with E-state index in [9.17, 15) is 67.1 Å². The summed E-state index contributed by atoms with van der Waals surface area (Å²) < 4.78 is 43.2. The topological polar surface area (TPSA) is 481 Å². The molecule has 0 aliphatic carbocycles. The predicted molar refractivity (Wildman–Crippen MR) is 447 cm³/mol. The van der Waals surface area contributed by atoms with E-state index in [4.69, 9.17) is 37.9 Å². The first-order chi connectivity index (χ1) is 54.3. The van der Waals surface area contributed by atoms with E-state index in [1.54, 1.807) is 166 Å². The quantitative estimate of drug-likeness (QED) is 0.0199. The second-order valence-corrected chi connectivity index (χ2v) is 37.2. The SMILES string of the molecule is CC(C)(C)OC(=O)NCCCC[C@H](NC(=O)OC(C)(C)C)C(=O)NCCCC[C@H](NC(=O)[C@H](CCCCNC(=O)OC(C)(C)C)NC(=O)OC(C)(C)C)C(=O)NCCCCCCNC(=O)[C@H](CCCCNC(=O)[C@H](CCCCNC(=O)OC(C)(C)C)NC(=O)OC(C)(C)C)NC(=O)[C@H](CCCCNC(=O)OC(C)(C)C)NC(=O)OC(C)(C)C. The van der Waals surface area contributed by atoms with Gasteiger partial charge >= 0.3 is 48.7 Å².